The molecule has 2 saturated heterocycles. The summed E-state index contributed by atoms with van der Waals surface area (Å²) < 4.78 is 6.00. The minimum absolute atomic E-state index is 0.00191. The molecule has 4 unspecified atom stereocenters. The van der Waals surface area contributed by atoms with E-state index in [1.165, 1.54) is 16.7 Å². The molecule has 4 atom stereocenters. The van der Waals surface area contributed by atoms with Crippen molar-refractivity contribution >= 4 is 17.7 Å². The van der Waals surface area contributed by atoms with Crippen molar-refractivity contribution in [2.24, 2.45) is 17.8 Å². The summed E-state index contributed by atoms with van der Waals surface area (Å²) in [5.74, 6) is 2.08. The van der Waals surface area contributed by atoms with Crippen molar-refractivity contribution in [3.63, 3.8) is 0 Å². The fourth-order valence-electron chi connectivity index (χ4n) is 4.65. The third-order valence-electron chi connectivity index (χ3n) is 6.39. The number of hydrogen-bond donors (Lipinski definition) is 1. The molecule has 2 aliphatic heterocycles. The van der Waals surface area contributed by atoms with Crippen LogP contribution in [0.2, 0.25) is 0 Å². The van der Waals surface area contributed by atoms with E-state index in [2.05, 4.69) is 45.0 Å². The normalized spacial score (nSPS) is 25.1. The Labute approximate surface area is 196 Å². The number of nitrogens with zero attached hydrogens (tertiary/aromatic N) is 1. The van der Waals surface area contributed by atoms with Gasteiger partial charge in [0.15, 0.2) is 0 Å². The SMILES string of the molecule is Cc1ccc(OCC2CC(CO)CN(C(=O)C3SC3c3ccc(CC(C)C)cc3)C2)cc1. The molecule has 1 N–H and O–H groups in total. The maximum atomic E-state index is 13.3. The predicted octanol–water partition coefficient (Wildman–Crippen LogP) is 4.89. The van der Waals surface area contributed by atoms with Crippen LogP contribution in [0.15, 0.2) is 48.5 Å². The zero-order chi connectivity index (χ0) is 22.7. The molecular formula is C27H35NO3S. The monoisotopic (exact) mass is 453 g/mol. The summed E-state index contributed by atoms with van der Waals surface area (Å²) in [7, 11) is 0. The zero-order valence-electron chi connectivity index (χ0n) is 19.4. The lowest BCUT2D eigenvalue weighted by molar-refractivity contribution is -0.133. The quantitative estimate of drug-likeness (QED) is 0.579. The van der Waals surface area contributed by atoms with Crippen molar-refractivity contribution in [1.82, 2.24) is 4.90 Å². The highest BCUT2D eigenvalue weighted by molar-refractivity contribution is 8.08. The second kappa shape index (κ2) is 10.3. The number of aliphatic hydroxyl groups excluding tert-OH is 1. The van der Waals surface area contributed by atoms with E-state index in [4.69, 9.17) is 4.74 Å². The fourth-order valence-corrected chi connectivity index (χ4v) is 5.73. The number of aliphatic hydroxyl groups is 1. The summed E-state index contributed by atoms with van der Waals surface area (Å²) >= 11 is 1.75. The molecule has 2 aromatic carbocycles. The standard InChI is InChI=1S/C27H35NO3S/c1-18(2)12-20-6-8-23(9-7-20)25-26(32-25)27(30)28-14-21(16-29)13-22(15-28)17-31-24-10-4-19(3)5-11-24/h4-11,18,21-22,25-26,29H,12-17H2,1-3H3. The molecule has 2 heterocycles. The Morgan fingerprint density at radius 2 is 1.78 bits per heavy atom. The number of carbonyl (C=O) groups is 1. The second-order valence-electron chi connectivity index (χ2n) is 9.83. The number of piperidine rings is 1. The Morgan fingerprint density at radius 3 is 2.44 bits per heavy atom. The molecule has 0 spiro atoms. The van der Waals surface area contributed by atoms with Gasteiger partial charge in [-0.25, -0.2) is 0 Å². The van der Waals surface area contributed by atoms with E-state index < -0.39 is 0 Å². The average Bonchev–Trinajstić information content (AvgIpc) is 3.59. The largest absolute Gasteiger partial charge is 0.493 e. The first-order chi connectivity index (χ1) is 15.4. The van der Waals surface area contributed by atoms with E-state index in [0.29, 0.717) is 25.6 Å². The number of benzene rings is 2. The summed E-state index contributed by atoms with van der Waals surface area (Å²) in [6.07, 6.45) is 1.98. The van der Waals surface area contributed by atoms with Gasteiger partial charge >= 0.3 is 0 Å². The molecule has 0 aliphatic carbocycles. The minimum atomic E-state index is 0.00191. The maximum Gasteiger partial charge on any atom is 0.237 e. The molecule has 5 heteroatoms. The van der Waals surface area contributed by atoms with Gasteiger partial charge in [-0.15, -0.1) is 11.8 Å². The summed E-state index contributed by atoms with van der Waals surface area (Å²) in [5, 5.41) is 10.1. The van der Waals surface area contributed by atoms with E-state index in [1.807, 2.05) is 29.2 Å². The van der Waals surface area contributed by atoms with Crippen LogP contribution in [0.4, 0.5) is 0 Å². The van der Waals surface area contributed by atoms with Gasteiger partial charge in [-0.2, -0.15) is 0 Å². The summed E-state index contributed by atoms with van der Waals surface area (Å²) in [5.41, 5.74) is 3.81. The third-order valence-corrected chi connectivity index (χ3v) is 7.68. The lowest BCUT2D eigenvalue weighted by Gasteiger charge is -2.37. The number of thioether (sulfide) groups is 1. The van der Waals surface area contributed by atoms with Crippen LogP contribution in [0.5, 0.6) is 5.75 Å². The van der Waals surface area contributed by atoms with Gasteiger partial charge in [0.1, 0.15) is 11.0 Å². The molecule has 0 aromatic heterocycles. The van der Waals surface area contributed by atoms with Gasteiger partial charge in [0.05, 0.1) is 11.9 Å². The van der Waals surface area contributed by atoms with Crippen LogP contribution in [0, 0.1) is 24.7 Å². The summed E-state index contributed by atoms with van der Waals surface area (Å²) in [6, 6.07) is 16.9. The Balaban J connectivity index is 1.33. The smallest absolute Gasteiger partial charge is 0.237 e. The molecule has 2 aliphatic rings. The van der Waals surface area contributed by atoms with Crippen molar-refractivity contribution in [1.29, 1.82) is 0 Å². The number of rotatable bonds is 8. The van der Waals surface area contributed by atoms with Crippen molar-refractivity contribution in [3.05, 3.63) is 65.2 Å². The Morgan fingerprint density at radius 1 is 1.09 bits per heavy atom. The third kappa shape index (κ3) is 5.87. The highest BCUT2D eigenvalue weighted by Gasteiger charge is 2.48. The summed E-state index contributed by atoms with van der Waals surface area (Å²) in [4.78, 5) is 15.2. The van der Waals surface area contributed by atoms with Gasteiger partial charge in [0, 0.05) is 31.5 Å². The van der Waals surface area contributed by atoms with Gasteiger partial charge in [-0.3, -0.25) is 4.79 Å². The molecule has 172 valence electrons. The maximum absolute atomic E-state index is 13.3. The number of carbonyl (C=O) groups excluding carboxylic acids is 1. The van der Waals surface area contributed by atoms with E-state index in [0.717, 1.165) is 18.6 Å². The molecule has 4 rings (SSSR count). The Kier molecular flexibility index (Phi) is 7.47. The Hall–Kier alpha value is -1.98. The molecule has 2 fully saturated rings. The van der Waals surface area contributed by atoms with Crippen LogP contribution in [0.25, 0.3) is 0 Å². The highest BCUT2D eigenvalue weighted by atomic mass is 32.2. The van der Waals surface area contributed by atoms with Gasteiger partial charge in [-0.1, -0.05) is 55.8 Å². The second-order valence-corrected chi connectivity index (χ2v) is 11.1. The van der Waals surface area contributed by atoms with Crippen LogP contribution < -0.4 is 4.74 Å². The van der Waals surface area contributed by atoms with E-state index in [9.17, 15) is 9.90 Å². The van der Waals surface area contributed by atoms with Gasteiger partial charge < -0.3 is 14.7 Å². The molecular weight excluding hydrogens is 418 g/mol. The molecule has 4 nitrogen and oxygen atoms in total. The predicted molar refractivity (Wildman–Crippen MR) is 131 cm³/mol. The molecule has 1 amide bonds. The molecule has 0 bridgehead atoms. The zero-order valence-corrected chi connectivity index (χ0v) is 20.2. The van der Waals surface area contributed by atoms with Gasteiger partial charge in [-0.05, 0) is 48.9 Å². The van der Waals surface area contributed by atoms with Crippen LogP contribution >= 0.6 is 11.8 Å². The van der Waals surface area contributed by atoms with E-state index in [-0.39, 0.29) is 34.8 Å². The van der Waals surface area contributed by atoms with Crippen molar-refractivity contribution in [2.75, 3.05) is 26.3 Å². The van der Waals surface area contributed by atoms with Gasteiger partial charge in [0.2, 0.25) is 5.91 Å². The average molecular weight is 454 g/mol. The van der Waals surface area contributed by atoms with Crippen LogP contribution in [-0.2, 0) is 11.2 Å². The first kappa shape index (κ1) is 23.2. The van der Waals surface area contributed by atoms with E-state index >= 15 is 0 Å². The molecule has 32 heavy (non-hydrogen) atoms. The highest BCUT2D eigenvalue weighted by Crippen LogP contribution is 2.55. The van der Waals surface area contributed by atoms with Crippen molar-refractivity contribution < 1.29 is 14.6 Å². The van der Waals surface area contributed by atoms with Crippen molar-refractivity contribution in [2.45, 2.75) is 44.1 Å². The van der Waals surface area contributed by atoms with Crippen LogP contribution in [-0.4, -0.2) is 47.5 Å². The van der Waals surface area contributed by atoms with Crippen LogP contribution in [0.1, 0.15) is 42.2 Å². The molecule has 2 aromatic rings. The number of hydrogen-bond acceptors (Lipinski definition) is 4. The summed E-state index contributed by atoms with van der Waals surface area (Å²) in [6.45, 7) is 8.56. The first-order valence-corrected chi connectivity index (χ1v) is 12.7. The number of likely N-dealkylation sites (tertiary alicyclic amines) is 1. The lowest BCUT2D eigenvalue weighted by atomic mass is 9.89. The van der Waals surface area contributed by atoms with Crippen LogP contribution in [0.3, 0.4) is 0 Å². The molecule has 0 saturated carbocycles. The topological polar surface area (TPSA) is 49.8 Å². The first-order valence-electron chi connectivity index (χ1n) is 11.8. The van der Waals surface area contributed by atoms with E-state index in [1.54, 1.807) is 11.8 Å². The lowest BCUT2D eigenvalue weighted by Crippen LogP contribution is -2.47. The van der Waals surface area contributed by atoms with Crippen molar-refractivity contribution in [3.8, 4) is 5.75 Å². The van der Waals surface area contributed by atoms with Gasteiger partial charge in [0.25, 0.3) is 0 Å². The number of amides is 1. The molecule has 0 radical (unpaired) electrons. The number of ether oxygens (including phenoxy) is 1. The number of aryl methyl sites for hydroxylation is 1. The fraction of sp³-hybridized carbons (Fsp3) is 0.519. The Bertz CT molecular complexity index is 896. The minimum Gasteiger partial charge on any atom is -0.493 e.